The van der Waals surface area contributed by atoms with E-state index in [9.17, 15) is 9.36 Å². The Hall–Kier alpha value is -3.27. The molecule has 0 aliphatic carbocycles. The third kappa shape index (κ3) is 7.88. The van der Waals surface area contributed by atoms with Crippen molar-refractivity contribution in [1.82, 2.24) is 15.0 Å². The van der Waals surface area contributed by atoms with Gasteiger partial charge in [-0.15, -0.1) is 0 Å². The highest BCUT2D eigenvalue weighted by molar-refractivity contribution is 7.54. The number of anilines is 3. The average Bonchev–Trinajstić information content (AvgIpc) is 2.88. The standard InChI is InChI=1S/C26H26Cl2N5O5P/c1-3-37-39(35,38-4-2)15-25(34)33-24-12-20-22(13-29-24)30-16-31-26(20)32-19-8-9-23(21(28)11-19)36-14-17-6-5-7-18(27)10-17/h5-13,16H,3-4,14-15H2,1-2H3,(H,29,33,34)(H,30,31,32). The van der Waals surface area contributed by atoms with Gasteiger partial charge in [0.05, 0.1) is 29.9 Å². The molecule has 4 rings (SSSR count). The van der Waals surface area contributed by atoms with Gasteiger partial charge in [0, 0.05) is 16.1 Å². The van der Waals surface area contributed by atoms with Gasteiger partial charge in [0.15, 0.2) is 0 Å². The summed E-state index contributed by atoms with van der Waals surface area (Å²) in [5.41, 5.74) is 2.13. The molecule has 2 aromatic heterocycles. The number of benzene rings is 2. The predicted octanol–water partition coefficient (Wildman–Crippen LogP) is 6.86. The number of hydrogen-bond acceptors (Lipinski definition) is 9. The number of nitrogens with one attached hydrogen (secondary N) is 2. The fourth-order valence-electron chi connectivity index (χ4n) is 3.63. The van der Waals surface area contributed by atoms with Crippen LogP contribution >= 0.6 is 30.8 Å². The van der Waals surface area contributed by atoms with Crippen LogP contribution in [0.4, 0.5) is 17.3 Å². The number of halogens is 2. The molecule has 39 heavy (non-hydrogen) atoms. The molecule has 0 saturated carbocycles. The third-order valence-corrected chi connectivity index (χ3v) is 7.76. The highest BCUT2D eigenvalue weighted by Crippen LogP contribution is 2.47. The van der Waals surface area contributed by atoms with E-state index in [0.717, 1.165) is 5.56 Å². The molecule has 1 amide bonds. The fraction of sp³-hybridized carbons (Fsp3) is 0.231. The summed E-state index contributed by atoms with van der Waals surface area (Å²) in [6, 6.07) is 14.3. The van der Waals surface area contributed by atoms with Crippen LogP contribution in [0.1, 0.15) is 19.4 Å². The molecular weight excluding hydrogens is 564 g/mol. The van der Waals surface area contributed by atoms with Crippen molar-refractivity contribution in [1.29, 1.82) is 0 Å². The molecule has 0 aliphatic rings. The Morgan fingerprint density at radius 1 is 1.00 bits per heavy atom. The van der Waals surface area contributed by atoms with Crippen molar-refractivity contribution >= 4 is 64.9 Å². The molecule has 2 N–H and O–H groups in total. The van der Waals surface area contributed by atoms with Crippen molar-refractivity contribution in [2.75, 3.05) is 30.0 Å². The zero-order valence-electron chi connectivity index (χ0n) is 21.2. The summed E-state index contributed by atoms with van der Waals surface area (Å²) in [6.45, 7) is 3.99. The van der Waals surface area contributed by atoms with E-state index in [1.54, 1.807) is 44.2 Å². The Labute approximate surface area is 235 Å². The maximum atomic E-state index is 12.7. The van der Waals surface area contributed by atoms with Crippen LogP contribution in [0.15, 0.2) is 61.1 Å². The summed E-state index contributed by atoms with van der Waals surface area (Å²) in [7, 11) is -3.56. The van der Waals surface area contributed by atoms with Gasteiger partial charge in [-0.1, -0.05) is 35.3 Å². The third-order valence-electron chi connectivity index (χ3n) is 5.26. The summed E-state index contributed by atoms with van der Waals surface area (Å²) >= 11 is 12.5. The smallest absolute Gasteiger partial charge is 0.340 e. The molecule has 0 fully saturated rings. The number of aromatic nitrogens is 3. The van der Waals surface area contributed by atoms with Crippen LogP contribution in [0.5, 0.6) is 5.75 Å². The largest absolute Gasteiger partial charge is 0.487 e. The van der Waals surface area contributed by atoms with Crippen LogP contribution in [0, 0.1) is 0 Å². The van der Waals surface area contributed by atoms with Gasteiger partial charge in [0.25, 0.3) is 0 Å². The Balaban J connectivity index is 1.48. The van der Waals surface area contributed by atoms with Gasteiger partial charge in [-0.3, -0.25) is 9.36 Å². The van der Waals surface area contributed by atoms with Crippen LogP contribution < -0.4 is 15.4 Å². The van der Waals surface area contributed by atoms with Crippen molar-refractivity contribution in [3.63, 3.8) is 0 Å². The fourth-order valence-corrected chi connectivity index (χ4v) is 5.55. The molecule has 0 aliphatic heterocycles. The molecule has 0 bridgehead atoms. The lowest BCUT2D eigenvalue weighted by atomic mass is 10.2. The van der Waals surface area contributed by atoms with Crippen molar-refractivity contribution < 1.29 is 23.1 Å². The van der Waals surface area contributed by atoms with Gasteiger partial charge in [0.1, 0.15) is 36.5 Å². The van der Waals surface area contributed by atoms with Gasteiger partial charge in [-0.2, -0.15) is 0 Å². The van der Waals surface area contributed by atoms with E-state index in [0.29, 0.717) is 44.8 Å². The van der Waals surface area contributed by atoms with Gasteiger partial charge < -0.3 is 24.4 Å². The average molecular weight is 590 g/mol. The number of nitrogens with zero attached hydrogens (tertiary/aromatic N) is 3. The Kier molecular flexibility index (Phi) is 9.72. The van der Waals surface area contributed by atoms with Gasteiger partial charge in [-0.05, 0) is 55.8 Å². The number of pyridine rings is 1. The first-order chi connectivity index (χ1) is 18.8. The first-order valence-corrected chi connectivity index (χ1v) is 14.5. The molecule has 10 nitrogen and oxygen atoms in total. The highest BCUT2D eigenvalue weighted by Gasteiger charge is 2.27. The van der Waals surface area contributed by atoms with Gasteiger partial charge in [0.2, 0.25) is 5.91 Å². The summed E-state index contributed by atoms with van der Waals surface area (Å²) in [6.07, 6.45) is 2.46. The molecular formula is C26H26Cl2N5O5P. The maximum absolute atomic E-state index is 12.7. The lowest BCUT2D eigenvalue weighted by Gasteiger charge is -2.16. The lowest BCUT2D eigenvalue weighted by Crippen LogP contribution is -2.19. The van der Waals surface area contributed by atoms with Crippen molar-refractivity contribution in [2.45, 2.75) is 20.5 Å². The zero-order valence-corrected chi connectivity index (χ0v) is 23.6. The molecule has 2 aromatic carbocycles. The van der Waals surface area contributed by atoms with Crippen LogP contribution in [-0.2, 0) is 25.0 Å². The number of ether oxygens (including phenoxy) is 1. The molecule has 0 saturated heterocycles. The Morgan fingerprint density at radius 3 is 2.51 bits per heavy atom. The SMILES string of the molecule is CCOP(=O)(CC(=O)Nc1cc2c(Nc3ccc(OCc4cccc(Cl)c4)c(Cl)c3)ncnc2cn1)OCC. The molecule has 13 heteroatoms. The van der Waals surface area contributed by atoms with E-state index in [4.69, 9.17) is 37.0 Å². The molecule has 0 radical (unpaired) electrons. The van der Waals surface area contributed by atoms with Crippen LogP contribution in [0.3, 0.4) is 0 Å². The monoisotopic (exact) mass is 589 g/mol. The van der Waals surface area contributed by atoms with Gasteiger partial charge in [-0.25, -0.2) is 15.0 Å². The second-order valence-corrected chi connectivity index (χ2v) is 11.0. The number of hydrogen-bond donors (Lipinski definition) is 2. The van der Waals surface area contributed by atoms with E-state index in [1.165, 1.54) is 12.5 Å². The van der Waals surface area contributed by atoms with Crippen molar-refractivity contribution in [3.8, 4) is 5.75 Å². The number of rotatable bonds is 12. The second-order valence-electron chi connectivity index (χ2n) is 8.15. The number of fused-ring (bicyclic) bond motifs is 1. The summed E-state index contributed by atoms with van der Waals surface area (Å²) in [4.78, 5) is 25.4. The Bertz CT molecular complexity index is 1510. The van der Waals surface area contributed by atoms with Crippen molar-refractivity contribution in [3.05, 3.63) is 76.7 Å². The van der Waals surface area contributed by atoms with Crippen molar-refractivity contribution in [2.24, 2.45) is 0 Å². The van der Waals surface area contributed by atoms with E-state index in [-0.39, 0.29) is 19.0 Å². The van der Waals surface area contributed by atoms with Crippen LogP contribution in [0.2, 0.25) is 10.0 Å². The van der Waals surface area contributed by atoms with Crippen LogP contribution in [0.25, 0.3) is 10.9 Å². The second kappa shape index (κ2) is 13.2. The first-order valence-electron chi connectivity index (χ1n) is 12.0. The first kappa shape index (κ1) is 28.7. The summed E-state index contributed by atoms with van der Waals surface area (Å²) in [5, 5.41) is 7.48. The summed E-state index contributed by atoms with van der Waals surface area (Å²) in [5.74, 6) is 0.655. The molecule has 204 valence electrons. The minimum Gasteiger partial charge on any atom is -0.487 e. The quantitative estimate of drug-likeness (QED) is 0.170. The molecule has 0 atom stereocenters. The number of carbonyl (C=O) groups excluding carboxylic acids is 1. The predicted molar refractivity (Wildman–Crippen MR) is 152 cm³/mol. The van der Waals surface area contributed by atoms with E-state index in [1.807, 2.05) is 18.2 Å². The van der Waals surface area contributed by atoms with E-state index < -0.39 is 19.7 Å². The molecule has 0 unspecified atom stereocenters. The Morgan fingerprint density at radius 2 is 1.79 bits per heavy atom. The van der Waals surface area contributed by atoms with E-state index in [2.05, 4.69) is 25.6 Å². The maximum Gasteiger partial charge on any atom is 0.340 e. The topological polar surface area (TPSA) is 125 Å². The lowest BCUT2D eigenvalue weighted by molar-refractivity contribution is -0.114. The van der Waals surface area contributed by atoms with Crippen LogP contribution in [-0.4, -0.2) is 40.2 Å². The molecule has 0 spiro atoms. The minimum atomic E-state index is -3.56. The van der Waals surface area contributed by atoms with Gasteiger partial charge >= 0.3 is 7.60 Å². The molecule has 4 aromatic rings. The normalized spacial score (nSPS) is 11.4. The van der Waals surface area contributed by atoms with E-state index >= 15 is 0 Å². The summed E-state index contributed by atoms with van der Waals surface area (Å²) < 4.78 is 28.9. The number of amides is 1. The highest BCUT2D eigenvalue weighted by atomic mass is 35.5. The number of carbonyl (C=O) groups is 1. The minimum absolute atomic E-state index is 0.157. The molecule has 2 heterocycles. The zero-order chi connectivity index (χ0) is 27.8.